The van der Waals surface area contributed by atoms with Gasteiger partial charge in [0.05, 0.1) is 10.9 Å². The van der Waals surface area contributed by atoms with E-state index >= 15 is 0 Å². The summed E-state index contributed by atoms with van der Waals surface area (Å²) >= 11 is 0. The number of aromatic hydroxyl groups is 1. The molecule has 1 aromatic heterocycles. The van der Waals surface area contributed by atoms with Crippen molar-refractivity contribution in [2.24, 2.45) is 0 Å². The molecule has 0 aliphatic carbocycles. The average Bonchev–Trinajstić information content (AvgIpc) is 2.59. The first-order chi connectivity index (χ1) is 8.41. The largest absolute Gasteiger partial charge is 0.504 e. The van der Waals surface area contributed by atoms with Gasteiger partial charge in [0.1, 0.15) is 0 Å². The molecule has 6 heteroatoms. The van der Waals surface area contributed by atoms with E-state index in [1.807, 2.05) is 19.0 Å². The number of rotatable bonds is 3. The van der Waals surface area contributed by atoms with Crippen molar-refractivity contribution in [1.82, 2.24) is 9.88 Å². The third-order valence-electron chi connectivity index (χ3n) is 2.81. The molecule has 0 spiro atoms. The summed E-state index contributed by atoms with van der Waals surface area (Å²) in [4.78, 5) is 4.14. The van der Waals surface area contributed by atoms with Crippen molar-refractivity contribution in [2.75, 3.05) is 20.6 Å². The fourth-order valence-corrected chi connectivity index (χ4v) is 1.89. The summed E-state index contributed by atoms with van der Waals surface area (Å²) in [5.41, 5.74) is 0.216. The Balaban J connectivity index is 2.59. The SMILES string of the molecule is CN(C)CCc1c(F)[nH]c2cc(F)c(F)c(O)c12. The molecule has 98 valence electrons. The quantitative estimate of drug-likeness (QED) is 0.887. The number of aromatic amines is 1. The first kappa shape index (κ1) is 12.8. The van der Waals surface area contributed by atoms with E-state index < -0.39 is 23.3 Å². The summed E-state index contributed by atoms with van der Waals surface area (Å²) in [5, 5.41) is 9.59. The zero-order valence-electron chi connectivity index (χ0n) is 10.0. The van der Waals surface area contributed by atoms with Crippen molar-refractivity contribution in [3.63, 3.8) is 0 Å². The van der Waals surface area contributed by atoms with Crippen LogP contribution < -0.4 is 0 Å². The van der Waals surface area contributed by atoms with Crippen LogP contribution in [0.2, 0.25) is 0 Å². The Morgan fingerprint density at radius 3 is 2.56 bits per heavy atom. The van der Waals surface area contributed by atoms with Gasteiger partial charge in [-0.05, 0) is 20.5 Å². The van der Waals surface area contributed by atoms with Crippen LogP contribution in [0.1, 0.15) is 5.56 Å². The van der Waals surface area contributed by atoms with E-state index in [1.54, 1.807) is 0 Å². The van der Waals surface area contributed by atoms with Gasteiger partial charge in [0.2, 0.25) is 5.82 Å². The van der Waals surface area contributed by atoms with Crippen molar-refractivity contribution in [2.45, 2.75) is 6.42 Å². The Hall–Kier alpha value is -1.69. The standard InChI is InChI=1S/C12H13F3N2O/c1-17(2)4-3-6-9-8(16-12(6)15)5-7(13)10(14)11(9)18/h5,16,18H,3-4H2,1-2H3. The second-order valence-corrected chi connectivity index (χ2v) is 4.41. The van der Waals surface area contributed by atoms with E-state index in [2.05, 4.69) is 4.98 Å². The summed E-state index contributed by atoms with van der Waals surface area (Å²) in [6.07, 6.45) is 0.289. The fourth-order valence-electron chi connectivity index (χ4n) is 1.89. The zero-order valence-corrected chi connectivity index (χ0v) is 10.0. The van der Waals surface area contributed by atoms with E-state index in [0.717, 1.165) is 6.07 Å². The van der Waals surface area contributed by atoms with E-state index in [9.17, 15) is 18.3 Å². The Morgan fingerprint density at radius 1 is 1.28 bits per heavy atom. The summed E-state index contributed by atoms with van der Waals surface area (Å²) in [5.74, 6) is -4.08. The maximum Gasteiger partial charge on any atom is 0.201 e. The Kier molecular flexibility index (Phi) is 3.21. The Bertz CT molecular complexity index is 593. The van der Waals surface area contributed by atoms with E-state index in [1.165, 1.54) is 0 Å². The highest BCUT2D eigenvalue weighted by Gasteiger charge is 2.20. The van der Waals surface area contributed by atoms with Crippen LogP contribution >= 0.6 is 0 Å². The lowest BCUT2D eigenvalue weighted by Crippen LogP contribution is -2.15. The number of fused-ring (bicyclic) bond motifs is 1. The molecule has 0 aliphatic heterocycles. The lowest BCUT2D eigenvalue weighted by atomic mass is 10.1. The van der Waals surface area contributed by atoms with Gasteiger partial charge in [0.25, 0.3) is 0 Å². The summed E-state index contributed by atoms with van der Waals surface area (Å²) in [6, 6.07) is 0.840. The van der Waals surface area contributed by atoms with Crippen molar-refractivity contribution in [3.05, 3.63) is 29.2 Å². The molecule has 1 heterocycles. The van der Waals surface area contributed by atoms with Crippen LogP contribution in [0.3, 0.4) is 0 Å². The summed E-state index contributed by atoms with van der Waals surface area (Å²) in [6.45, 7) is 0.530. The molecule has 0 unspecified atom stereocenters. The van der Waals surface area contributed by atoms with Crippen LogP contribution in [0.5, 0.6) is 5.75 Å². The molecule has 0 radical (unpaired) electrons. The lowest BCUT2D eigenvalue weighted by Gasteiger charge is -2.09. The van der Waals surface area contributed by atoms with Gasteiger partial charge in [-0.15, -0.1) is 0 Å². The zero-order chi connectivity index (χ0) is 13.4. The Morgan fingerprint density at radius 2 is 1.94 bits per heavy atom. The van der Waals surface area contributed by atoms with Gasteiger partial charge in [-0.1, -0.05) is 0 Å². The van der Waals surface area contributed by atoms with Crippen molar-refractivity contribution < 1.29 is 18.3 Å². The first-order valence-electron chi connectivity index (χ1n) is 5.43. The highest BCUT2D eigenvalue weighted by molar-refractivity contribution is 5.89. The van der Waals surface area contributed by atoms with Crippen LogP contribution in [0.15, 0.2) is 6.07 Å². The second-order valence-electron chi connectivity index (χ2n) is 4.41. The van der Waals surface area contributed by atoms with Gasteiger partial charge in [-0.2, -0.15) is 8.78 Å². The van der Waals surface area contributed by atoms with E-state index in [4.69, 9.17) is 0 Å². The number of H-pyrrole nitrogens is 1. The number of phenols is 1. The minimum atomic E-state index is -1.35. The predicted molar refractivity (Wildman–Crippen MR) is 62.1 cm³/mol. The topological polar surface area (TPSA) is 39.3 Å². The number of hydrogen-bond donors (Lipinski definition) is 2. The van der Waals surface area contributed by atoms with E-state index in [-0.39, 0.29) is 22.9 Å². The Labute approximate surface area is 102 Å². The number of nitrogens with zero attached hydrogens (tertiary/aromatic N) is 1. The third-order valence-corrected chi connectivity index (χ3v) is 2.81. The monoisotopic (exact) mass is 258 g/mol. The molecule has 0 amide bonds. The summed E-state index contributed by atoms with van der Waals surface area (Å²) < 4.78 is 40.0. The third kappa shape index (κ3) is 2.03. The van der Waals surface area contributed by atoms with Gasteiger partial charge in [-0.3, -0.25) is 0 Å². The molecular weight excluding hydrogens is 245 g/mol. The molecule has 0 bridgehead atoms. The normalized spacial score (nSPS) is 11.7. The number of hydrogen-bond acceptors (Lipinski definition) is 2. The first-order valence-corrected chi connectivity index (χ1v) is 5.43. The number of halogens is 3. The average molecular weight is 258 g/mol. The smallest absolute Gasteiger partial charge is 0.201 e. The molecule has 18 heavy (non-hydrogen) atoms. The highest BCUT2D eigenvalue weighted by atomic mass is 19.2. The van der Waals surface area contributed by atoms with E-state index in [0.29, 0.717) is 6.54 Å². The number of likely N-dealkylation sites (N-methyl/N-ethyl adjacent to an activating group) is 1. The predicted octanol–water partition coefficient (Wildman–Crippen LogP) is 2.39. The molecule has 0 atom stereocenters. The molecule has 0 saturated carbocycles. The number of nitrogens with one attached hydrogen (secondary N) is 1. The second kappa shape index (κ2) is 4.53. The van der Waals surface area contributed by atoms with Crippen LogP contribution in [0.25, 0.3) is 10.9 Å². The molecule has 3 nitrogen and oxygen atoms in total. The van der Waals surface area contributed by atoms with Crippen molar-refractivity contribution >= 4 is 10.9 Å². The van der Waals surface area contributed by atoms with Crippen LogP contribution in [-0.4, -0.2) is 35.6 Å². The minimum Gasteiger partial charge on any atom is -0.504 e. The summed E-state index contributed by atoms with van der Waals surface area (Å²) in [7, 11) is 3.62. The van der Waals surface area contributed by atoms with Gasteiger partial charge < -0.3 is 15.0 Å². The molecule has 2 rings (SSSR count). The molecule has 0 saturated heterocycles. The number of phenolic OH excluding ortho intramolecular Hbond substituents is 1. The van der Waals surface area contributed by atoms with Crippen molar-refractivity contribution in [3.8, 4) is 5.75 Å². The molecule has 0 aliphatic rings. The molecule has 0 fully saturated rings. The van der Waals surface area contributed by atoms with Crippen LogP contribution in [-0.2, 0) is 6.42 Å². The number of aromatic nitrogens is 1. The van der Waals surface area contributed by atoms with Gasteiger partial charge in [0.15, 0.2) is 17.5 Å². The number of benzene rings is 1. The molecule has 2 aromatic rings. The molecule has 1 aromatic carbocycles. The molecular formula is C12H13F3N2O. The fraction of sp³-hybridized carbons (Fsp3) is 0.333. The van der Waals surface area contributed by atoms with Gasteiger partial charge in [0, 0.05) is 18.2 Å². The van der Waals surface area contributed by atoms with Crippen LogP contribution in [0.4, 0.5) is 13.2 Å². The maximum absolute atomic E-state index is 13.7. The van der Waals surface area contributed by atoms with Crippen LogP contribution in [0, 0.1) is 17.6 Å². The molecule has 2 N–H and O–H groups in total. The maximum atomic E-state index is 13.7. The van der Waals surface area contributed by atoms with Gasteiger partial charge >= 0.3 is 0 Å². The minimum absolute atomic E-state index is 0.00764. The van der Waals surface area contributed by atoms with Crippen molar-refractivity contribution in [1.29, 1.82) is 0 Å². The lowest BCUT2D eigenvalue weighted by molar-refractivity contribution is 0.406. The van der Waals surface area contributed by atoms with Gasteiger partial charge in [-0.25, -0.2) is 4.39 Å². The highest BCUT2D eigenvalue weighted by Crippen LogP contribution is 2.34.